The molecule has 1 atom stereocenters. The van der Waals surface area contributed by atoms with Crippen molar-refractivity contribution in [3.8, 4) is 0 Å². The fraction of sp³-hybridized carbons (Fsp3) is 0.333. The van der Waals surface area contributed by atoms with Gasteiger partial charge in [0.05, 0.1) is 31.2 Å². The first-order valence-electron chi connectivity index (χ1n) is 7.80. The monoisotopic (exact) mass is 392 g/mol. The number of anilines is 1. The number of carbonyl (C=O) groups excluding carboxylic acids is 2. The number of esters is 1. The molecule has 11 heteroatoms. The Kier molecular flexibility index (Phi) is 6.02. The van der Waals surface area contributed by atoms with Crippen LogP contribution in [0.15, 0.2) is 28.5 Å². The Labute approximate surface area is 157 Å². The number of hydrogen-bond acceptors (Lipinski definition) is 9. The van der Waals surface area contributed by atoms with E-state index in [1.54, 1.807) is 28.3 Å². The highest BCUT2D eigenvalue weighted by atomic mass is 32.1. The van der Waals surface area contributed by atoms with Gasteiger partial charge in [0, 0.05) is 5.38 Å². The van der Waals surface area contributed by atoms with Crippen molar-refractivity contribution in [1.82, 2.24) is 25.2 Å². The normalized spacial score (nSPS) is 11.9. The maximum absolute atomic E-state index is 12.4. The van der Waals surface area contributed by atoms with Crippen molar-refractivity contribution < 1.29 is 14.3 Å². The number of thiazole rings is 1. The van der Waals surface area contributed by atoms with Gasteiger partial charge in [-0.1, -0.05) is 0 Å². The molecule has 3 aromatic rings. The molecule has 1 amide bonds. The summed E-state index contributed by atoms with van der Waals surface area (Å²) in [6.45, 7) is 2.08. The second kappa shape index (κ2) is 8.63. The minimum atomic E-state index is -0.341. The lowest BCUT2D eigenvalue weighted by atomic mass is 10.1. The zero-order valence-corrected chi connectivity index (χ0v) is 15.5. The molecule has 0 aromatic carbocycles. The topological polar surface area (TPSA) is 112 Å². The Morgan fingerprint density at radius 1 is 1.38 bits per heavy atom. The van der Waals surface area contributed by atoms with Crippen LogP contribution in [0.1, 0.15) is 30.6 Å². The fourth-order valence-corrected chi connectivity index (χ4v) is 3.72. The van der Waals surface area contributed by atoms with Crippen LogP contribution in [0.4, 0.5) is 5.13 Å². The van der Waals surface area contributed by atoms with Crippen molar-refractivity contribution in [1.29, 1.82) is 0 Å². The van der Waals surface area contributed by atoms with E-state index in [1.165, 1.54) is 17.7 Å². The summed E-state index contributed by atoms with van der Waals surface area (Å²) in [5.74, 6) is -0.555. The van der Waals surface area contributed by atoms with Crippen LogP contribution in [0.2, 0.25) is 0 Å². The van der Waals surface area contributed by atoms with Crippen molar-refractivity contribution in [2.45, 2.75) is 25.8 Å². The third kappa shape index (κ3) is 4.70. The van der Waals surface area contributed by atoms with Crippen LogP contribution in [-0.2, 0) is 20.7 Å². The molecule has 0 saturated carbocycles. The van der Waals surface area contributed by atoms with Crippen LogP contribution in [0.5, 0.6) is 0 Å². The number of tetrazole rings is 1. The number of ether oxygens (including phenoxy) is 1. The molecular weight excluding hydrogens is 376 g/mol. The molecule has 0 radical (unpaired) electrons. The molecule has 9 nitrogen and oxygen atoms in total. The first kappa shape index (κ1) is 18.1. The van der Waals surface area contributed by atoms with Crippen LogP contribution in [0, 0.1) is 0 Å². The number of amides is 1. The standard InChI is InChI=1S/C15H16N6O3S2/c1-2-24-14(23)5-11-8-26-15(17-11)18-13(22)6-12(10-3-4-25-7-10)21-9-16-19-20-21/h3-4,7-9,12H,2,5-6H2,1H3,(H,17,18,22)/t12-/m0/s1. The van der Waals surface area contributed by atoms with Crippen molar-refractivity contribution in [2.24, 2.45) is 0 Å². The first-order chi connectivity index (χ1) is 12.7. The number of nitrogens with one attached hydrogen (secondary N) is 1. The number of carbonyl (C=O) groups is 2. The summed E-state index contributed by atoms with van der Waals surface area (Å²) < 4.78 is 6.44. The molecule has 0 saturated heterocycles. The quantitative estimate of drug-likeness (QED) is 0.583. The molecule has 0 aliphatic rings. The molecular formula is C15H16N6O3S2. The lowest BCUT2D eigenvalue weighted by Crippen LogP contribution is -2.20. The molecule has 0 fully saturated rings. The number of aromatic nitrogens is 5. The van der Waals surface area contributed by atoms with E-state index in [2.05, 4.69) is 25.8 Å². The smallest absolute Gasteiger partial charge is 0.311 e. The predicted molar refractivity (Wildman–Crippen MR) is 96.0 cm³/mol. The molecule has 0 bridgehead atoms. The van der Waals surface area contributed by atoms with Crippen LogP contribution in [0.25, 0.3) is 0 Å². The minimum absolute atomic E-state index is 0.0857. The summed E-state index contributed by atoms with van der Waals surface area (Å²) in [6.07, 6.45) is 1.73. The summed E-state index contributed by atoms with van der Waals surface area (Å²) in [5, 5.41) is 20.0. The van der Waals surface area contributed by atoms with Crippen LogP contribution >= 0.6 is 22.7 Å². The van der Waals surface area contributed by atoms with Crippen LogP contribution < -0.4 is 5.32 Å². The van der Waals surface area contributed by atoms with Gasteiger partial charge in [-0.3, -0.25) is 9.59 Å². The zero-order valence-electron chi connectivity index (χ0n) is 13.9. The predicted octanol–water partition coefficient (Wildman–Crippen LogP) is 1.91. The number of hydrogen-bond donors (Lipinski definition) is 1. The molecule has 26 heavy (non-hydrogen) atoms. The third-order valence-electron chi connectivity index (χ3n) is 3.42. The van der Waals surface area contributed by atoms with E-state index in [9.17, 15) is 9.59 Å². The highest BCUT2D eigenvalue weighted by Crippen LogP contribution is 2.24. The second-order valence-electron chi connectivity index (χ2n) is 5.24. The maximum atomic E-state index is 12.4. The van der Waals surface area contributed by atoms with Gasteiger partial charge in [-0.2, -0.15) is 11.3 Å². The Hall–Kier alpha value is -2.66. The van der Waals surface area contributed by atoms with E-state index >= 15 is 0 Å². The van der Waals surface area contributed by atoms with E-state index in [0.717, 1.165) is 5.56 Å². The average molecular weight is 392 g/mol. The number of rotatable bonds is 8. The average Bonchev–Trinajstić information content (AvgIpc) is 3.36. The summed E-state index contributed by atoms with van der Waals surface area (Å²) in [6, 6.07) is 1.64. The molecule has 0 unspecified atom stereocenters. The van der Waals surface area contributed by atoms with Crippen LogP contribution in [-0.4, -0.2) is 43.7 Å². The third-order valence-corrected chi connectivity index (χ3v) is 4.93. The summed E-state index contributed by atoms with van der Waals surface area (Å²) in [5.41, 5.74) is 1.53. The molecule has 1 N–H and O–H groups in total. The highest BCUT2D eigenvalue weighted by molar-refractivity contribution is 7.14. The van der Waals surface area contributed by atoms with Gasteiger partial charge in [0.15, 0.2) is 5.13 Å². The van der Waals surface area contributed by atoms with Gasteiger partial charge in [0.2, 0.25) is 5.91 Å². The molecule has 3 aromatic heterocycles. The maximum Gasteiger partial charge on any atom is 0.311 e. The van der Waals surface area contributed by atoms with E-state index in [4.69, 9.17) is 4.74 Å². The fourth-order valence-electron chi connectivity index (χ4n) is 2.29. The Bertz CT molecular complexity index is 813. The van der Waals surface area contributed by atoms with Gasteiger partial charge >= 0.3 is 5.97 Å². The van der Waals surface area contributed by atoms with Crippen molar-refractivity contribution in [3.63, 3.8) is 0 Å². The van der Waals surface area contributed by atoms with E-state index in [0.29, 0.717) is 17.4 Å². The SMILES string of the molecule is CCOC(=O)Cc1csc(NC(=O)C[C@@H](c2ccsc2)n2cnnn2)n1. The van der Waals surface area contributed by atoms with E-state index < -0.39 is 0 Å². The molecule has 3 heterocycles. The van der Waals surface area contributed by atoms with Gasteiger partial charge in [-0.15, -0.1) is 16.4 Å². The van der Waals surface area contributed by atoms with Crippen molar-refractivity contribution >= 4 is 39.7 Å². The van der Waals surface area contributed by atoms with Crippen molar-refractivity contribution in [3.05, 3.63) is 39.8 Å². The summed E-state index contributed by atoms with van der Waals surface area (Å²) in [4.78, 5) is 28.2. The Balaban J connectivity index is 1.62. The molecule has 3 rings (SSSR count). The van der Waals surface area contributed by atoms with Gasteiger partial charge in [0.25, 0.3) is 0 Å². The van der Waals surface area contributed by atoms with Gasteiger partial charge in [0.1, 0.15) is 6.33 Å². The molecule has 0 aliphatic carbocycles. The van der Waals surface area contributed by atoms with Gasteiger partial charge in [-0.25, -0.2) is 9.67 Å². The van der Waals surface area contributed by atoms with Crippen molar-refractivity contribution in [2.75, 3.05) is 11.9 Å². The molecule has 136 valence electrons. The summed E-state index contributed by atoms with van der Waals surface area (Å²) in [7, 11) is 0. The minimum Gasteiger partial charge on any atom is -0.466 e. The Morgan fingerprint density at radius 3 is 2.96 bits per heavy atom. The van der Waals surface area contributed by atoms with E-state index in [-0.39, 0.29) is 30.8 Å². The Morgan fingerprint density at radius 2 is 2.27 bits per heavy atom. The first-order valence-corrected chi connectivity index (χ1v) is 9.62. The molecule has 0 spiro atoms. The number of nitrogens with zero attached hydrogens (tertiary/aromatic N) is 5. The lowest BCUT2D eigenvalue weighted by molar-refractivity contribution is -0.142. The number of thiophene rings is 1. The van der Waals surface area contributed by atoms with E-state index in [1.807, 2.05) is 16.8 Å². The van der Waals surface area contributed by atoms with Crippen LogP contribution in [0.3, 0.4) is 0 Å². The summed E-state index contributed by atoms with van der Waals surface area (Å²) >= 11 is 2.81. The van der Waals surface area contributed by atoms with Gasteiger partial charge in [-0.05, 0) is 39.7 Å². The largest absolute Gasteiger partial charge is 0.466 e. The second-order valence-corrected chi connectivity index (χ2v) is 6.88. The zero-order chi connectivity index (χ0) is 18.4. The lowest BCUT2D eigenvalue weighted by Gasteiger charge is -2.14. The molecule has 0 aliphatic heterocycles. The highest BCUT2D eigenvalue weighted by Gasteiger charge is 2.20. The van der Waals surface area contributed by atoms with Gasteiger partial charge < -0.3 is 10.1 Å².